The summed E-state index contributed by atoms with van der Waals surface area (Å²) in [5, 5.41) is 3.06. The molecule has 0 radical (unpaired) electrons. The average molecular weight is 255 g/mol. The molecule has 94 valence electrons. The molecule has 17 heavy (non-hydrogen) atoms. The minimum absolute atomic E-state index is 0.145. The monoisotopic (exact) mass is 255 g/mol. The van der Waals surface area contributed by atoms with E-state index in [2.05, 4.69) is 9.72 Å². The molecule has 2 rings (SSSR count). The fourth-order valence-electron chi connectivity index (χ4n) is 1.97. The minimum Gasteiger partial charge on any atom is -0.469 e. The number of methoxy groups -OCH3 is 2. The Morgan fingerprint density at radius 2 is 2.29 bits per heavy atom. The first-order valence-electron chi connectivity index (χ1n) is 5.77. The van der Waals surface area contributed by atoms with Crippen molar-refractivity contribution in [2.45, 2.75) is 37.7 Å². The van der Waals surface area contributed by atoms with Crippen LogP contribution in [0, 0.1) is 0 Å². The van der Waals surface area contributed by atoms with Crippen LogP contribution >= 0.6 is 11.3 Å². The van der Waals surface area contributed by atoms with E-state index in [9.17, 15) is 4.79 Å². The van der Waals surface area contributed by atoms with Gasteiger partial charge in [-0.2, -0.15) is 0 Å². The molecule has 5 heteroatoms. The molecule has 0 spiro atoms. The summed E-state index contributed by atoms with van der Waals surface area (Å²) < 4.78 is 10.2. The van der Waals surface area contributed by atoms with Crippen molar-refractivity contribution in [2.24, 2.45) is 0 Å². The molecule has 1 aliphatic carbocycles. The molecule has 4 nitrogen and oxygen atoms in total. The van der Waals surface area contributed by atoms with Crippen molar-refractivity contribution in [1.29, 1.82) is 0 Å². The third-order valence-corrected chi connectivity index (χ3v) is 4.38. The van der Waals surface area contributed by atoms with Gasteiger partial charge in [-0.15, -0.1) is 11.3 Å². The molecule has 1 aromatic heterocycles. The summed E-state index contributed by atoms with van der Waals surface area (Å²) in [5.74, 6) is -0.190. The van der Waals surface area contributed by atoms with E-state index >= 15 is 0 Å². The number of carbonyl (C=O) groups excluding carboxylic acids is 1. The van der Waals surface area contributed by atoms with Gasteiger partial charge in [0.1, 0.15) is 10.6 Å². The molecule has 0 aliphatic heterocycles. The maximum absolute atomic E-state index is 11.0. The van der Waals surface area contributed by atoms with Gasteiger partial charge in [-0.25, -0.2) is 4.98 Å². The minimum atomic E-state index is -0.190. The van der Waals surface area contributed by atoms with Crippen molar-refractivity contribution in [3.8, 4) is 0 Å². The van der Waals surface area contributed by atoms with E-state index in [1.54, 1.807) is 18.4 Å². The molecular weight excluding hydrogens is 238 g/mol. The first kappa shape index (κ1) is 12.5. The van der Waals surface area contributed by atoms with E-state index in [4.69, 9.17) is 4.74 Å². The predicted molar refractivity (Wildman–Crippen MR) is 65.0 cm³/mol. The average Bonchev–Trinajstić information content (AvgIpc) is 2.74. The number of rotatable bonds is 5. The van der Waals surface area contributed by atoms with E-state index in [1.165, 1.54) is 13.5 Å². The number of carbonyl (C=O) groups is 1. The number of ether oxygens (including phenoxy) is 2. The van der Waals surface area contributed by atoms with Crippen molar-refractivity contribution < 1.29 is 14.3 Å². The summed E-state index contributed by atoms with van der Waals surface area (Å²) in [5.41, 5.74) is 0.812. The van der Waals surface area contributed by atoms with Gasteiger partial charge in [-0.05, 0) is 19.3 Å². The highest BCUT2D eigenvalue weighted by Crippen LogP contribution is 2.45. The van der Waals surface area contributed by atoms with Crippen LogP contribution in [0.2, 0.25) is 0 Å². The molecule has 0 atom stereocenters. The Morgan fingerprint density at radius 1 is 1.53 bits per heavy atom. The van der Waals surface area contributed by atoms with Gasteiger partial charge >= 0.3 is 5.97 Å². The summed E-state index contributed by atoms with van der Waals surface area (Å²) in [7, 11) is 3.15. The van der Waals surface area contributed by atoms with Gasteiger partial charge in [0, 0.05) is 18.9 Å². The van der Waals surface area contributed by atoms with Crippen molar-refractivity contribution >= 4 is 17.3 Å². The van der Waals surface area contributed by atoms with E-state index in [0.29, 0.717) is 12.8 Å². The zero-order valence-electron chi connectivity index (χ0n) is 10.2. The third-order valence-electron chi connectivity index (χ3n) is 3.31. The normalized spacial score (nSPS) is 17.5. The lowest BCUT2D eigenvalue weighted by Crippen LogP contribution is -2.35. The Labute approximate surface area is 105 Å². The molecule has 1 aromatic rings. The van der Waals surface area contributed by atoms with Crippen LogP contribution in [0.1, 0.15) is 36.4 Å². The SMILES string of the molecule is COC(=O)CCc1csc(C2(OC)CCC2)n1. The molecule has 0 bridgehead atoms. The first-order chi connectivity index (χ1) is 8.20. The molecule has 1 aliphatic rings. The summed E-state index contributed by atoms with van der Waals surface area (Å²) >= 11 is 1.63. The zero-order chi connectivity index (χ0) is 12.3. The molecule has 1 fully saturated rings. The van der Waals surface area contributed by atoms with Crippen LogP contribution in [-0.2, 0) is 26.3 Å². The van der Waals surface area contributed by atoms with Crippen LogP contribution in [0.3, 0.4) is 0 Å². The molecule has 0 aromatic carbocycles. The topological polar surface area (TPSA) is 48.4 Å². The number of esters is 1. The maximum Gasteiger partial charge on any atom is 0.305 e. The Balaban J connectivity index is 1.98. The Hall–Kier alpha value is -0.940. The van der Waals surface area contributed by atoms with Crippen LogP contribution in [0.25, 0.3) is 0 Å². The third kappa shape index (κ3) is 2.50. The lowest BCUT2D eigenvalue weighted by Gasteiger charge is -2.38. The summed E-state index contributed by atoms with van der Waals surface area (Å²) in [6.45, 7) is 0. The second kappa shape index (κ2) is 5.14. The number of hydrogen-bond donors (Lipinski definition) is 0. The second-order valence-corrected chi connectivity index (χ2v) is 5.13. The molecule has 1 heterocycles. The number of aryl methyl sites for hydroxylation is 1. The number of thiazole rings is 1. The zero-order valence-corrected chi connectivity index (χ0v) is 11.0. The van der Waals surface area contributed by atoms with Crippen LogP contribution in [-0.4, -0.2) is 25.2 Å². The van der Waals surface area contributed by atoms with Gasteiger partial charge in [0.25, 0.3) is 0 Å². The Bertz CT molecular complexity index is 393. The van der Waals surface area contributed by atoms with Crippen LogP contribution < -0.4 is 0 Å². The molecule has 0 saturated heterocycles. The van der Waals surface area contributed by atoms with Crippen LogP contribution in [0.15, 0.2) is 5.38 Å². The van der Waals surface area contributed by atoms with Crippen LogP contribution in [0.5, 0.6) is 0 Å². The first-order valence-corrected chi connectivity index (χ1v) is 6.65. The predicted octanol–water partition coefficient (Wildman–Crippen LogP) is 2.27. The molecular formula is C12H17NO3S. The molecule has 1 saturated carbocycles. The largest absolute Gasteiger partial charge is 0.469 e. The Morgan fingerprint density at radius 3 is 2.82 bits per heavy atom. The van der Waals surface area contributed by atoms with Crippen LogP contribution in [0.4, 0.5) is 0 Å². The van der Waals surface area contributed by atoms with Gasteiger partial charge < -0.3 is 9.47 Å². The van der Waals surface area contributed by atoms with E-state index in [1.807, 2.05) is 5.38 Å². The second-order valence-electron chi connectivity index (χ2n) is 4.27. The van der Waals surface area contributed by atoms with Crippen molar-refractivity contribution in [3.63, 3.8) is 0 Å². The lowest BCUT2D eigenvalue weighted by molar-refractivity contribution is -0.140. The van der Waals surface area contributed by atoms with E-state index in [0.717, 1.165) is 23.5 Å². The standard InChI is InChI=1S/C12H17NO3S/c1-15-10(14)5-4-9-8-17-11(13-9)12(16-2)6-3-7-12/h8H,3-7H2,1-2H3. The number of aromatic nitrogens is 1. The summed E-state index contributed by atoms with van der Waals surface area (Å²) in [6.07, 6.45) is 4.33. The lowest BCUT2D eigenvalue weighted by atomic mass is 9.80. The summed E-state index contributed by atoms with van der Waals surface area (Å²) in [6, 6.07) is 0. The van der Waals surface area contributed by atoms with Gasteiger partial charge in [0.15, 0.2) is 0 Å². The summed E-state index contributed by atoms with van der Waals surface area (Å²) in [4.78, 5) is 15.6. The van der Waals surface area contributed by atoms with Crippen molar-refractivity contribution in [2.75, 3.05) is 14.2 Å². The van der Waals surface area contributed by atoms with Gasteiger partial charge in [0.2, 0.25) is 0 Å². The smallest absolute Gasteiger partial charge is 0.305 e. The number of hydrogen-bond acceptors (Lipinski definition) is 5. The highest BCUT2D eigenvalue weighted by atomic mass is 32.1. The van der Waals surface area contributed by atoms with Gasteiger partial charge in [0.05, 0.1) is 19.2 Å². The van der Waals surface area contributed by atoms with E-state index in [-0.39, 0.29) is 11.6 Å². The Kier molecular flexibility index (Phi) is 3.79. The molecule has 0 unspecified atom stereocenters. The fraction of sp³-hybridized carbons (Fsp3) is 0.667. The van der Waals surface area contributed by atoms with E-state index < -0.39 is 0 Å². The fourth-order valence-corrected chi connectivity index (χ4v) is 3.06. The van der Waals surface area contributed by atoms with Crippen molar-refractivity contribution in [3.05, 3.63) is 16.1 Å². The molecule has 0 amide bonds. The highest BCUT2D eigenvalue weighted by molar-refractivity contribution is 7.09. The van der Waals surface area contributed by atoms with Crippen molar-refractivity contribution in [1.82, 2.24) is 4.98 Å². The molecule has 0 N–H and O–H groups in total. The maximum atomic E-state index is 11.0. The van der Waals surface area contributed by atoms with Gasteiger partial charge in [-0.1, -0.05) is 0 Å². The number of nitrogens with zero attached hydrogens (tertiary/aromatic N) is 1. The van der Waals surface area contributed by atoms with Gasteiger partial charge in [-0.3, -0.25) is 4.79 Å². The highest BCUT2D eigenvalue weighted by Gasteiger charge is 2.41. The quantitative estimate of drug-likeness (QED) is 0.757.